The van der Waals surface area contributed by atoms with Gasteiger partial charge < -0.3 is 10.3 Å². The minimum absolute atomic E-state index is 0.737. The Morgan fingerprint density at radius 2 is 2.14 bits per heavy atom. The molecule has 3 N–H and O–H groups in total. The first-order valence-corrected chi connectivity index (χ1v) is 3.32. The lowest BCUT2D eigenvalue weighted by atomic mass is 10.3. The molecule has 0 radical (unpaired) electrons. The van der Waals surface area contributed by atoms with Crippen LogP contribution in [0.15, 0.2) is 0 Å². The van der Waals surface area contributed by atoms with Crippen molar-refractivity contribution in [1.29, 1.82) is 0 Å². The third-order valence-corrected chi connectivity index (χ3v) is 1.16. The molecule has 0 aliphatic carbocycles. The molecular formula is C4H11NOS. The maximum absolute atomic E-state index is 8.17. The minimum atomic E-state index is 0.737. The van der Waals surface area contributed by atoms with Crippen molar-refractivity contribution in [3.05, 3.63) is 0 Å². The third-order valence-electron chi connectivity index (χ3n) is 0.690. The van der Waals surface area contributed by atoms with Crippen molar-refractivity contribution in [3.8, 4) is 0 Å². The van der Waals surface area contributed by atoms with Crippen LogP contribution < -0.4 is 5.73 Å². The van der Waals surface area contributed by atoms with Crippen LogP contribution in [0.3, 0.4) is 0 Å². The summed E-state index contributed by atoms with van der Waals surface area (Å²) in [6, 6.07) is 0. The van der Waals surface area contributed by atoms with Crippen LogP contribution >= 0.6 is 12.0 Å². The second-order valence-corrected chi connectivity index (χ2v) is 2.00. The van der Waals surface area contributed by atoms with Crippen molar-refractivity contribution >= 4 is 12.0 Å². The molecular weight excluding hydrogens is 110 g/mol. The Bertz CT molecular complexity index is 30.9. The van der Waals surface area contributed by atoms with Crippen LogP contribution in [0.5, 0.6) is 0 Å². The number of rotatable bonds is 4. The van der Waals surface area contributed by atoms with Gasteiger partial charge in [-0.05, 0) is 31.4 Å². The highest BCUT2D eigenvalue weighted by molar-refractivity contribution is 7.93. The van der Waals surface area contributed by atoms with E-state index < -0.39 is 0 Å². The lowest BCUT2D eigenvalue weighted by molar-refractivity contribution is 0.658. The molecule has 0 atom stereocenters. The summed E-state index contributed by atoms with van der Waals surface area (Å²) in [5.74, 6) is 0.817. The van der Waals surface area contributed by atoms with E-state index in [0.717, 1.165) is 37.2 Å². The van der Waals surface area contributed by atoms with E-state index in [0.29, 0.717) is 0 Å². The summed E-state index contributed by atoms with van der Waals surface area (Å²) in [4.78, 5) is 0. The summed E-state index contributed by atoms with van der Waals surface area (Å²) in [6.45, 7) is 0.737. The van der Waals surface area contributed by atoms with Gasteiger partial charge in [0.1, 0.15) is 0 Å². The molecule has 0 fully saturated rings. The van der Waals surface area contributed by atoms with E-state index in [2.05, 4.69) is 0 Å². The number of hydrogen-bond donors (Lipinski definition) is 2. The smallest absolute Gasteiger partial charge is 0.0195 e. The Morgan fingerprint density at radius 1 is 1.43 bits per heavy atom. The monoisotopic (exact) mass is 121 g/mol. The van der Waals surface area contributed by atoms with Gasteiger partial charge >= 0.3 is 0 Å². The molecule has 3 heteroatoms. The van der Waals surface area contributed by atoms with Crippen LogP contribution in [0.2, 0.25) is 0 Å². The molecule has 0 saturated heterocycles. The molecule has 0 aliphatic heterocycles. The van der Waals surface area contributed by atoms with Gasteiger partial charge in [0.25, 0.3) is 0 Å². The second kappa shape index (κ2) is 6.27. The summed E-state index contributed by atoms with van der Waals surface area (Å²) in [5, 5.41) is 0. The summed E-state index contributed by atoms with van der Waals surface area (Å²) in [5.41, 5.74) is 5.18. The molecule has 0 aromatic rings. The van der Waals surface area contributed by atoms with Gasteiger partial charge in [0.2, 0.25) is 0 Å². The van der Waals surface area contributed by atoms with Gasteiger partial charge in [-0.25, -0.2) is 0 Å². The fourth-order valence-corrected chi connectivity index (χ4v) is 0.644. The topological polar surface area (TPSA) is 46.2 Å². The number of nitrogens with two attached hydrogens (primary N) is 1. The molecule has 0 heterocycles. The lowest BCUT2D eigenvalue weighted by Crippen LogP contribution is -1.98. The zero-order valence-electron chi connectivity index (χ0n) is 4.26. The highest BCUT2D eigenvalue weighted by atomic mass is 32.2. The Kier molecular flexibility index (Phi) is 6.51. The Morgan fingerprint density at radius 3 is 2.57 bits per heavy atom. The maximum atomic E-state index is 8.17. The van der Waals surface area contributed by atoms with Gasteiger partial charge in [0.05, 0.1) is 0 Å². The summed E-state index contributed by atoms with van der Waals surface area (Å²) in [6.07, 6.45) is 2.05. The van der Waals surface area contributed by atoms with E-state index in [-0.39, 0.29) is 0 Å². The van der Waals surface area contributed by atoms with Gasteiger partial charge in [-0.2, -0.15) is 0 Å². The summed E-state index contributed by atoms with van der Waals surface area (Å²) >= 11 is 0.886. The van der Waals surface area contributed by atoms with Gasteiger partial charge in [-0.3, -0.25) is 0 Å². The standard InChI is InChI=1S/C4H11NOS/c5-3-1-2-4-7-6/h6H,1-5H2. The van der Waals surface area contributed by atoms with E-state index in [1.165, 1.54) is 0 Å². The molecule has 2 nitrogen and oxygen atoms in total. The maximum Gasteiger partial charge on any atom is 0.0195 e. The SMILES string of the molecule is NCCCCSO. The fraction of sp³-hybridized carbons (Fsp3) is 1.00. The van der Waals surface area contributed by atoms with Crippen LogP contribution in [0.25, 0.3) is 0 Å². The molecule has 0 aromatic carbocycles. The van der Waals surface area contributed by atoms with E-state index in [1.807, 2.05) is 0 Å². The number of unbranched alkanes of at least 4 members (excludes halogenated alkanes) is 1. The van der Waals surface area contributed by atoms with Crippen LogP contribution in [-0.4, -0.2) is 16.9 Å². The van der Waals surface area contributed by atoms with Crippen molar-refractivity contribution in [2.75, 3.05) is 12.3 Å². The zero-order chi connectivity index (χ0) is 5.54. The third kappa shape index (κ3) is 6.27. The molecule has 0 unspecified atom stereocenters. The molecule has 44 valence electrons. The molecule has 0 amide bonds. The van der Waals surface area contributed by atoms with Crippen molar-refractivity contribution in [2.45, 2.75) is 12.8 Å². The van der Waals surface area contributed by atoms with Crippen LogP contribution in [-0.2, 0) is 0 Å². The van der Waals surface area contributed by atoms with Crippen molar-refractivity contribution in [1.82, 2.24) is 0 Å². The van der Waals surface area contributed by atoms with Crippen molar-refractivity contribution in [2.24, 2.45) is 5.73 Å². The highest BCUT2D eigenvalue weighted by Crippen LogP contribution is 1.95. The first-order chi connectivity index (χ1) is 3.41. The van der Waals surface area contributed by atoms with Crippen LogP contribution in [0.4, 0.5) is 0 Å². The molecule has 0 aliphatic rings. The molecule has 7 heavy (non-hydrogen) atoms. The Labute approximate surface area is 48.3 Å². The predicted molar refractivity (Wildman–Crippen MR) is 33.4 cm³/mol. The largest absolute Gasteiger partial charge is 0.330 e. The van der Waals surface area contributed by atoms with Gasteiger partial charge in [0.15, 0.2) is 0 Å². The first-order valence-electron chi connectivity index (χ1n) is 2.38. The Hall–Kier alpha value is 0.270. The molecule has 0 spiro atoms. The van der Waals surface area contributed by atoms with Crippen LogP contribution in [0, 0.1) is 0 Å². The van der Waals surface area contributed by atoms with Gasteiger partial charge in [-0.1, -0.05) is 0 Å². The first kappa shape index (κ1) is 7.27. The average Bonchev–Trinajstić information content (AvgIpc) is 1.69. The second-order valence-electron chi connectivity index (χ2n) is 1.33. The van der Waals surface area contributed by atoms with Gasteiger partial charge in [-0.15, -0.1) is 0 Å². The Balaban J connectivity index is 2.45. The molecule has 0 rings (SSSR count). The zero-order valence-corrected chi connectivity index (χ0v) is 5.08. The molecule has 0 bridgehead atoms. The molecule has 0 aromatic heterocycles. The summed E-state index contributed by atoms with van der Waals surface area (Å²) < 4.78 is 8.17. The van der Waals surface area contributed by atoms with Crippen molar-refractivity contribution < 1.29 is 4.55 Å². The molecule has 0 saturated carbocycles. The normalized spacial score (nSPS) is 9.43. The number of hydrogen-bond acceptors (Lipinski definition) is 3. The lowest BCUT2D eigenvalue weighted by Gasteiger charge is -1.89. The van der Waals surface area contributed by atoms with Crippen molar-refractivity contribution in [3.63, 3.8) is 0 Å². The van der Waals surface area contributed by atoms with E-state index in [9.17, 15) is 0 Å². The average molecular weight is 121 g/mol. The fourth-order valence-electron chi connectivity index (χ4n) is 0.311. The van der Waals surface area contributed by atoms with Crippen LogP contribution in [0.1, 0.15) is 12.8 Å². The van der Waals surface area contributed by atoms with E-state index >= 15 is 0 Å². The summed E-state index contributed by atoms with van der Waals surface area (Å²) in [7, 11) is 0. The van der Waals surface area contributed by atoms with E-state index in [4.69, 9.17) is 10.3 Å². The highest BCUT2D eigenvalue weighted by Gasteiger charge is 1.81. The predicted octanol–water partition coefficient (Wildman–Crippen LogP) is 0.932. The quantitative estimate of drug-likeness (QED) is 0.429. The minimum Gasteiger partial charge on any atom is -0.330 e. The van der Waals surface area contributed by atoms with E-state index in [1.54, 1.807) is 0 Å². The van der Waals surface area contributed by atoms with Gasteiger partial charge in [0, 0.05) is 5.75 Å².